The third-order valence-corrected chi connectivity index (χ3v) is 2.59. The largest absolute Gasteiger partial charge is 0.372 e. The van der Waals surface area contributed by atoms with Gasteiger partial charge in [-0.3, -0.25) is 0 Å². The van der Waals surface area contributed by atoms with Gasteiger partial charge in [-0.25, -0.2) is 0 Å². The van der Waals surface area contributed by atoms with Crippen molar-refractivity contribution in [1.82, 2.24) is 0 Å². The van der Waals surface area contributed by atoms with Crippen LogP contribution in [0.2, 0.25) is 0 Å². The Bertz CT molecular complexity index is 268. The van der Waals surface area contributed by atoms with Gasteiger partial charge in [0.2, 0.25) is 0 Å². The first-order chi connectivity index (χ1) is 5.79. The van der Waals surface area contributed by atoms with Crippen molar-refractivity contribution in [3.63, 3.8) is 0 Å². The Labute approximate surface area is 72.3 Å². The second-order valence-corrected chi connectivity index (χ2v) is 3.27. The number of hydrogen-bond acceptors (Lipinski definition) is 2. The summed E-state index contributed by atoms with van der Waals surface area (Å²) >= 11 is 0. The topological polar surface area (TPSA) is 35.2 Å². The van der Waals surface area contributed by atoms with Crippen LogP contribution >= 0.6 is 0 Å². The van der Waals surface area contributed by atoms with Crippen molar-refractivity contribution >= 4 is 0 Å². The van der Waals surface area contributed by atoms with Crippen LogP contribution in [0.4, 0.5) is 0 Å². The molecule has 1 aliphatic carbocycles. The summed E-state index contributed by atoms with van der Waals surface area (Å²) in [4.78, 5) is 0. The number of hydrogen-bond donors (Lipinski definition) is 1. The van der Waals surface area contributed by atoms with Gasteiger partial charge in [0.15, 0.2) is 0 Å². The fraction of sp³-hybridized carbons (Fsp3) is 0.400. The highest BCUT2D eigenvalue weighted by atomic mass is 16.5. The monoisotopic (exact) mass is 163 g/mol. The zero-order chi connectivity index (χ0) is 8.60. The molecule has 1 aliphatic rings. The first kappa shape index (κ1) is 7.77. The Balaban J connectivity index is 2.31. The zero-order valence-corrected chi connectivity index (χ0v) is 7.16. The average molecular weight is 163 g/mol. The Kier molecular flexibility index (Phi) is 1.67. The van der Waals surface area contributed by atoms with Gasteiger partial charge in [0.25, 0.3) is 0 Å². The van der Waals surface area contributed by atoms with Crippen LogP contribution in [-0.2, 0) is 10.3 Å². The van der Waals surface area contributed by atoms with Crippen molar-refractivity contribution < 1.29 is 4.74 Å². The lowest BCUT2D eigenvalue weighted by atomic mass is 10.1. The van der Waals surface area contributed by atoms with Gasteiger partial charge in [0.05, 0.1) is 0 Å². The van der Waals surface area contributed by atoms with Crippen molar-refractivity contribution in [3.8, 4) is 0 Å². The molecule has 2 heteroatoms. The van der Waals surface area contributed by atoms with E-state index in [2.05, 4.69) is 12.1 Å². The first-order valence-corrected chi connectivity index (χ1v) is 4.16. The van der Waals surface area contributed by atoms with E-state index < -0.39 is 0 Å². The maximum Gasteiger partial charge on any atom is 0.109 e. The summed E-state index contributed by atoms with van der Waals surface area (Å²) in [5.41, 5.74) is 6.83. The van der Waals surface area contributed by atoms with E-state index in [1.54, 1.807) is 7.11 Å². The molecule has 0 amide bonds. The van der Waals surface area contributed by atoms with Crippen molar-refractivity contribution in [2.24, 2.45) is 5.73 Å². The summed E-state index contributed by atoms with van der Waals surface area (Å²) in [5.74, 6) is 0. The molecule has 0 radical (unpaired) electrons. The zero-order valence-electron chi connectivity index (χ0n) is 7.16. The Morgan fingerprint density at radius 2 is 2.00 bits per heavy atom. The summed E-state index contributed by atoms with van der Waals surface area (Å²) in [7, 11) is 1.72. The van der Waals surface area contributed by atoms with E-state index >= 15 is 0 Å². The van der Waals surface area contributed by atoms with E-state index in [-0.39, 0.29) is 11.6 Å². The van der Waals surface area contributed by atoms with Crippen LogP contribution in [0, 0.1) is 0 Å². The SMILES string of the molecule is CO[C@]1(c2ccccc2)C[C@H]1N. The third-order valence-electron chi connectivity index (χ3n) is 2.59. The van der Waals surface area contributed by atoms with E-state index in [1.165, 1.54) is 5.56 Å². The van der Waals surface area contributed by atoms with Crippen LogP contribution in [0.5, 0.6) is 0 Å². The van der Waals surface area contributed by atoms with Crippen LogP contribution < -0.4 is 5.73 Å². The second kappa shape index (κ2) is 2.57. The number of methoxy groups -OCH3 is 1. The standard InChI is InChI=1S/C10H13NO/c1-12-10(7-9(10)11)8-5-3-2-4-6-8/h2-6,9H,7,11H2,1H3/t9-,10+/m1/s1. The summed E-state index contributed by atoms with van der Waals surface area (Å²) in [6.07, 6.45) is 0.938. The molecule has 0 unspecified atom stereocenters. The predicted octanol–water partition coefficient (Wildman–Crippen LogP) is 1.26. The van der Waals surface area contributed by atoms with E-state index in [9.17, 15) is 0 Å². The number of nitrogens with two attached hydrogens (primary N) is 1. The predicted molar refractivity (Wildman–Crippen MR) is 47.7 cm³/mol. The molecule has 2 N–H and O–H groups in total. The minimum absolute atomic E-state index is 0.171. The molecule has 2 nitrogen and oxygen atoms in total. The highest BCUT2D eigenvalue weighted by Gasteiger charge is 2.53. The van der Waals surface area contributed by atoms with Crippen molar-refractivity contribution in [1.29, 1.82) is 0 Å². The van der Waals surface area contributed by atoms with E-state index in [0.717, 1.165) is 6.42 Å². The molecule has 0 heterocycles. The van der Waals surface area contributed by atoms with E-state index in [1.807, 2.05) is 18.2 Å². The molecule has 2 atom stereocenters. The molecule has 0 aromatic heterocycles. The molecule has 1 aromatic rings. The van der Waals surface area contributed by atoms with Gasteiger partial charge in [-0.2, -0.15) is 0 Å². The molecule has 0 spiro atoms. The van der Waals surface area contributed by atoms with Crippen LogP contribution in [0.1, 0.15) is 12.0 Å². The maximum atomic E-state index is 5.82. The number of ether oxygens (including phenoxy) is 1. The smallest absolute Gasteiger partial charge is 0.109 e. The van der Waals surface area contributed by atoms with Crippen molar-refractivity contribution in [3.05, 3.63) is 35.9 Å². The summed E-state index contributed by atoms with van der Waals surface area (Å²) in [6, 6.07) is 10.3. The molecule has 0 bridgehead atoms. The van der Waals surface area contributed by atoms with Gasteiger partial charge in [-0.1, -0.05) is 30.3 Å². The highest BCUT2D eigenvalue weighted by molar-refractivity contribution is 5.32. The van der Waals surface area contributed by atoms with Gasteiger partial charge in [0, 0.05) is 19.6 Å². The normalized spacial score (nSPS) is 33.3. The minimum atomic E-state index is -0.179. The second-order valence-electron chi connectivity index (χ2n) is 3.27. The third kappa shape index (κ3) is 0.958. The fourth-order valence-corrected chi connectivity index (χ4v) is 1.67. The molecule has 64 valence electrons. The molecular formula is C10H13NO. The van der Waals surface area contributed by atoms with Crippen LogP contribution in [0.3, 0.4) is 0 Å². The Morgan fingerprint density at radius 3 is 2.42 bits per heavy atom. The van der Waals surface area contributed by atoms with Gasteiger partial charge < -0.3 is 10.5 Å². The first-order valence-electron chi connectivity index (χ1n) is 4.16. The molecular weight excluding hydrogens is 150 g/mol. The highest BCUT2D eigenvalue weighted by Crippen LogP contribution is 2.47. The van der Waals surface area contributed by atoms with Crippen LogP contribution in [-0.4, -0.2) is 13.2 Å². The Hall–Kier alpha value is -0.860. The lowest BCUT2D eigenvalue weighted by molar-refractivity contribution is 0.0736. The van der Waals surface area contributed by atoms with E-state index in [4.69, 9.17) is 10.5 Å². The van der Waals surface area contributed by atoms with E-state index in [0.29, 0.717) is 0 Å². The maximum absolute atomic E-state index is 5.82. The quantitative estimate of drug-likeness (QED) is 0.712. The van der Waals surface area contributed by atoms with Crippen molar-refractivity contribution in [2.75, 3.05) is 7.11 Å². The Morgan fingerprint density at radius 1 is 1.42 bits per heavy atom. The molecule has 0 aliphatic heterocycles. The summed E-state index contributed by atoms with van der Waals surface area (Å²) in [5, 5.41) is 0. The lowest BCUT2D eigenvalue weighted by Gasteiger charge is -2.14. The summed E-state index contributed by atoms with van der Waals surface area (Å²) in [6.45, 7) is 0. The van der Waals surface area contributed by atoms with Gasteiger partial charge >= 0.3 is 0 Å². The van der Waals surface area contributed by atoms with Gasteiger partial charge in [-0.15, -0.1) is 0 Å². The summed E-state index contributed by atoms with van der Waals surface area (Å²) < 4.78 is 5.42. The molecule has 12 heavy (non-hydrogen) atoms. The van der Waals surface area contributed by atoms with Crippen LogP contribution in [0.15, 0.2) is 30.3 Å². The average Bonchev–Trinajstić information content (AvgIpc) is 2.80. The fourth-order valence-electron chi connectivity index (χ4n) is 1.67. The van der Waals surface area contributed by atoms with Crippen molar-refractivity contribution in [2.45, 2.75) is 18.1 Å². The molecule has 1 aromatic carbocycles. The van der Waals surface area contributed by atoms with Gasteiger partial charge in [-0.05, 0) is 5.56 Å². The molecule has 2 rings (SSSR count). The minimum Gasteiger partial charge on any atom is -0.372 e. The lowest BCUT2D eigenvalue weighted by Crippen LogP contribution is -2.20. The van der Waals surface area contributed by atoms with Gasteiger partial charge in [0.1, 0.15) is 5.60 Å². The number of benzene rings is 1. The molecule has 1 saturated carbocycles. The molecule has 0 saturated heterocycles. The molecule has 1 fully saturated rings. The van der Waals surface area contributed by atoms with Crippen LogP contribution in [0.25, 0.3) is 0 Å². The number of rotatable bonds is 2.